The van der Waals surface area contributed by atoms with Gasteiger partial charge >= 0.3 is 0 Å². The molecule has 3 saturated carbocycles. The molecule has 3 aliphatic rings. The van der Waals surface area contributed by atoms with Gasteiger partial charge in [-0.25, -0.2) is 0 Å². The maximum absolute atomic E-state index is 9.65. The van der Waals surface area contributed by atoms with E-state index in [1.807, 2.05) is 0 Å². The van der Waals surface area contributed by atoms with E-state index in [1.165, 1.54) is 0 Å². The van der Waals surface area contributed by atoms with Gasteiger partial charge in [0.1, 0.15) is 0 Å². The molecule has 68 valence electrons. The molecule has 3 aliphatic carbocycles. The minimum atomic E-state index is -0.457. The van der Waals surface area contributed by atoms with Crippen LogP contribution < -0.4 is 0 Å². The molecule has 0 spiro atoms. The number of rotatable bonds is 0. The molecule has 0 aromatic heterocycles. The van der Waals surface area contributed by atoms with Crippen LogP contribution >= 0.6 is 0 Å². The molecule has 0 aromatic carbocycles. The van der Waals surface area contributed by atoms with E-state index in [0.29, 0.717) is 17.5 Å². The van der Waals surface area contributed by atoms with Crippen LogP contribution in [0.3, 0.4) is 0 Å². The lowest BCUT2D eigenvalue weighted by Crippen LogP contribution is -2.62. The molecule has 2 heteroatoms. The van der Waals surface area contributed by atoms with Crippen molar-refractivity contribution < 1.29 is 5.11 Å². The molecule has 0 amide bonds. The second-order valence-electron chi connectivity index (χ2n) is 4.98. The van der Waals surface area contributed by atoms with E-state index in [0.717, 1.165) is 6.42 Å². The van der Waals surface area contributed by atoms with Gasteiger partial charge in [-0.2, -0.15) is 0 Å². The molecule has 0 radical (unpaired) electrons. The highest BCUT2D eigenvalue weighted by Crippen LogP contribution is 2.59. The summed E-state index contributed by atoms with van der Waals surface area (Å²) in [7, 11) is 0. The van der Waals surface area contributed by atoms with Crippen molar-refractivity contribution in [2.45, 2.75) is 33.3 Å². The minimum absolute atomic E-state index is 0.274. The van der Waals surface area contributed by atoms with Gasteiger partial charge in [-0.3, -0.25) is 0 Å². The van der Waals surface area contributed by atoms with E-state index < -0.39 is 6.10 Å². The van der Waals surface area contributed by atoms with Crippen LogP contribution in [0.25, 0.3) is 0 Å². The van der Waals surface area contributed by atoms with Crippen LogP contribution in [0.15, 0.2) is 0 Å². The lowest BCUT2D eigenvalue weighted by atomic mass is 9.44. The molecule has 2 bridgehead atoms. The Kier molecular flexibility index (Phi) is 1.45. The number of hydrogen-bond acceptors (Lipinski definition) is 2. The van der Waals surface area contributed by atoms with E-state index >= 15 is 0 Å². The van der Waals surface area contributed by atoms with Crippen molar-refractivity contribution in [2.24, 2.45) is 23.2 Å². The fourth-order valence-corrected chi connectivity index (χ4v) is 3.09. The predicted octanol–water partition coefficient (Wildman–Crippen LogP) is 1.68. The molecule has 0 aliphatic heterocycles. The number of aliphatic hydroxyl groups excluding tert-OH is 1. The number of aliphatic hydroxyl groups is 1. The van der Waals surface area contributed by atoms with Gasteiger partial charge in [0.25, 0.3) is 0 Å². The van der Waals surface area contributed by atoms with Crippen LogP contribution in [0, 0.1) is 28.6 Å². The van der Waals surface area contributed by atoms with Crippen LogP contribution in [0.4, 0.5) is 0 Å². The first-order valence-corrected chi connectivity index (χ1v) is 4.72. The topological polar surface area (TPSA) is 44.1 Å². The smallest absolute Gasteiger partial charge is 0.0945 e. The fourth-order valence-electron chi connectivity index (χ4n) is 3.09. The lowest BCUT2D eigenvalue weighted by molar-refractivity contribution is -0.0775. The summed E-state index contributed by atoms with van der Waals surface area (Å²) >= 11 is 0. The van der Waals surface area contributed by atoms with Crippen molar-refractivity contribution in [3.8, 4) is 0 Å². The summed E-state index contributed by atoms with van der Waals surface area (Å²) in [5, 5.41) is 17.4. The molecule has 0 saturated heterocycles. The average Bonchev–Trinajstić information content (AvgIpc) is 1.98. The molecule has 4 atom stereocenters. The predicted molar refractivity (Wildman–Crippen MR) is 48.3 cm³/mol. The van der Waals surface area contributed by atoms with Gasteiger partial charge in [0.2, 0.25) is 0 Å². The second-order valence-corrected chi connectivity index (χ2v) is 4.98. The molecule has 2 nitrogen and oxygen atoms in total. The van der Waals surface area contributed by atoms with Gasteiger partial charge < -0.3 is 10.5 Å². The largest absolute Gasteiger partial charge is 0.387 e. The summed E-state index contributed by atoms with van der Waals surface area (Å²) in [6.45, 7) is 6.52. The van der Waals surface area contributed by atoms with Gasteiger partial charge in [-0.05, 0) is 23.7 Å². The zero-order valence-electron chi connectivity index (χ0n) is 7.96. The molecular weight excluding hydrogens is 150 g/mol. The molecule has 3 fully saturated rings. The van der Waals surface area contributed by atoms with Crippen LogP contribution in [-0.4, -0.2) is 16.9 Å². The zero-order chi connectivity index (χ0) is 9.09. The lowest BCUT2D eigenvalue weighted by Gasteiger charge is -2.61. The van der Waals surface area contributed by atoms with Gasteiger partial charge in [0.15, 0.2) is 0 Å². The van der Waals surface area contributed by atoms with Crippen LogP contribution in [-0.2, 0) is 0 Å². The summed E-state index contributed by atoms with van der Waals surface area (Å²) in [5.74, 6) is 1.28. The van der Waals surface area contributed by atoms with E-state index in [-0.39, 0.29) is 11.3 Å². The Morgan fingerprint density at radius 1 is 1.50 bits per heavy atom. The third kappa shape index (κ3) is 0.717. The van der Waals surface area contributed by atoms with E-state index in [9.17, 15) is 5.11 Å². The maximum Gasteiger partial charge on any atom is 0.0945 e. The monoisotopic (exact) mass is 167 g/mol. The van der Waals surface area contributed by atoms with Gasteiger partial charge in [0.05, 0.1) is 6.10 Å². The van der Waals surface area contributed by atoms with E-state index in [2.05, 4.69) is 20.8 Å². The summed E-state index contributed by atoms with van der Waals surface area (Å²) in [5.41, 5.74) is 0.852. The Balaban J connectivity index is 2.30. The molecular formula is C10H17NO. The standard InChI is InChI=1S/C10H17NO/c1-5-6-4-7(10(6,2)3)8(11)9(5)12/h5-7,9,11-12H,4H2,1-3H3. The zero-order valence-corrected chi connectivity index (χ0v) is 7.96. The number of hydrogen-bond donors (Lipinski definition) is 2. The Morgan fingerprint density at radius 3 is 2.50 bits per heavy atom. The van der Waals surface area contributed by atoms with Gasteiger partial charge in [-0.15, -0.1) is 0 Å². The Morgan fingerprint density at radius 2 is 2.08 bits per heavy atom. The second kappa shape index (κ2) is 2.11. The molecule has 4 unspecified atom stereocenters. The highest BCUT2D eigenvalue weighted by molar-refractivity contribution is 5.91. The summed E-state index contributed by atoms with van der Waals surface area (Å²) in [4.78, 5) is 0. The Labute approximate surface area is 73.5 Å². The molecule has 2 N–H and O–H groups in total. The van der Waals surface area contributed by atoms with Crippen molar-refractivity contribution in [2.75, 3.05) is 0 Å². The summed E-state index contributed by atoms with van der Waals surface area (Å²) in [6, 6.07) is 0. The van der Waals surface area contributed by atoms with Crippen LogP contribution in [0.5, 0.6) is 0 Å². The highest BCUT2D eigenvalue weighted by Gasteiger charge is 2.58. The van der Waals surface area contributed by atoms with Crippen molar-refractivity contribution in [1.82, 2.24) is 0 Å². The highest BCUT2D eigenvalue weighted by atomic mass is 16.3. The SMILES string of the molecule is CC1C(O)C(=N)C2CC1C2(C)C. The maximum atomic E-state index is 9.65. The third-order valence-electron chi connectivity index (χ3n) is 4.17. The van der Waals surface area contributed by atoms with Gasteiger partial charge in [-0.1, -0.05) is 20.8 Å². The summed E-state index contributed by atoms with van der Waals surface area (Å²) in [6.07, 6.45) is 0.672. The molecule has 0 heterocycles. The first-order chi connectivity index (χ1) is 5.46. The van der Waals surface area contributed by atoms with Crippen molar-refractivity contribution in [3.63, 3.8) is 0 Å². The quantitative estimate of drug-likeness (QED) is 0.566. The van der Waals surface area contributed by atoms with Crippen molar-refractivity contribution >= 4 is 5.71 Å². The average molecular weight is 167 g/mol. The van der Waals surface area contributed by atoms with Crippen LogP contribution in [0.2, 0.25) is 0 Å². The van der Waals surface area contributed by atoms with E-state index in [4.69, 9.17) is 5.41 Å². The van der Waals surface area contributed by atoms with Gasteiger partial charge in [0, 0.05) is 11.6 Å². The van der Waals surface area contributed by atoms with Crippen LogP contribution in [0.1, 0.15) is 27.2 Å². The minimum Gasteiger partial charge on any atom is -0.387 e. The summed E-state index contributed by atoms with van der Waals surface area (Å²) < 4.78 is 0. The first kappa shape index (κ1) is 8.24. The van der Waals surface area contributed by atoms with Crippen molar-refractivity contribution in [1.29, 1.82) is 5.41 Å². The van der Waals surface area contributed by atoms with E-state index in [1.54, 1.807) is 0 Å². The molecule has 0 aromatic rings. The van der Waals surface area contributed by atoms with Crippen molar-refractivity contribution in [3.05, 3.63) is 0 Å². The third-order valence-corrected chi connectivity index (χ3v) is 4.17. The Hall–Kier alpha value is -0.370. The fraction of sp³-hybridized carbons (Fsp3) is 0.900. The number of fused-ring (bicyclic) bond motifs is 2. The number of nitrogens with one attached hydrogen (secondary N) is 1. The normalized spacial score (nSPS) is 50.2. The first-order valence-electron chi connectivity index (χ1n) is 4.72. The molecule has 3 rings (SSSR count). The Bertz CT molecular complexity index is 234. The molecule has 12 heavy (non-hydrogen) atoms.